The maximum absolute atomic E-state index is 12.1. The maximum Gasteiger partial charge on any atom is 0.279 e. The summed E-state index contributed by atoms with van der Waals surface area (Å²) in [6.45, 7) is 8.12. The summed E-state index contributed by atoms with van der Waals surface area (Å²) in [4.78, 5) is 0. The second-order valence-electron chi connectivity index (χ2n) is 6.01. The number of alkyl halides is 1. The monoisotopic (exact) mass is 340 g/mol. The van der Waals surface area contributed by atoms with Gasteiger partial charge in [-0.1, -0.05) is 36.7 Å². The van der Waals surface area contributed by atoms with E-state index >= 15 is 0 Å². The van der Waals surface area contributed by atoms with Gasteiger partial charge in [0.2, 0.25) is 0 Å². The average molecular weight is 341 g/mol. The lowest BCUT2D eigenvalue weighted by molar-refractivity contribution is 0.279. The first-order valence-corrected chi connectivity index (χ1v) is 9.14. The molecular formula is C12H25BrN2O2S. The van der Waals surface area contributed by atoms with Gasteiger partial charge in [0, 0.05) is 25.0 Å². The molecule has 0 atom stereocenters. The summed E-state index contributed by atoms with van der Waals surface area (Å²) in [5.74, 6) is 0.640. The summed E-state index contributed by atoms with van der Waals surface area (Å²) < 4.78 is 28.6. The third kappa shape index (κ3) is 5.15. The Morgan fingerprint density at radius 2 is 1.89 bits per heavy atom. The molecule has 1 N–H and O–H groups in total. The van der Waals surface area contributed by atoms with E-state index in [4.69, 9.17) is 0 Å². The summed E-state index contributed by atoms with van der Waals surface area (Å²) in [6, 6.07) is 0. The van der Waals surface area contributed by atoms with Crippen molar-refractivity contribution in [1.29, 1.82) is 0 Å². The highest BCUT2D eigenvalue weighted by atomic mass is 79.9. The molecule has 0 aliphatic carbocycles. The van der Waals surface area contributed by atoms with E-state index in [9.17, 15) is 8.42 Å². The Morgan fingerprint density at radius 3 is 2.39 bits per heavy atom. The van der Waals surface area contributed by atoms with Gasteiger partial charge >= 0.3 is 0 Å². The third-order valence-electron chi connectivity index (χ3n) is 3.59. The van der Waals surface area contributed by atoms with Gasteiger partial charge in [0.25, 0.3) is 10.2 Å². The van der Waals surface area contributed by atoms with Crippen LogP contribution in [0.25, 0.3) is 0 Å². The zero-order valence-corrected chi connectivity index (χ0v) is 14.0. The highest BCUT2D eigenvalue weighted by Crippen LogP contribution is 2.22. The van der Waals surface area contributed by atoms with Gasteiger partial charge in [-0.25, -0.2) is 4.72 Å². The third-order valence-corrected chi connectivity index (χ3v) is 5.54. The molecule has 0 radical (unpaired) electrons. The molecule has 0 aromatic rings. The molecule has 1 fully saturated rings. The van der Waals surface area contributed by atoms with Crippen molar-refractivity contribution >= 4 is 26.1 Å². The summed E-state index contributed by atoms with van der Waals surface area (Å²) >= 11 is 3.40. The molecule has 0 aromatic heterocycles. The fourth-order valence-electron chi connectivity index (χ4n) is 1.95. The summed E-state index contributed by atoms with van der Waals surface area (Å²) in [5.41, 5.74) is -0.0142. The minimum Gasteiger partial charge on any atom is -0.202 e. The Bertz CT molecular complexity index is 349. The number of hydrogen-bond acceptors (Lipinski definition) is 2. The van der Waals surface area contributed by atoms with Crippen LogP contribution in [0.2, 0.25) is 0 Å². The van der Waals surface area contributed by atoms with Crippen LogP contribution in [0.3, 0.4) is 0 Å². The average Bonchev–Trinajstić information content (AvgIpc) is 2.27. The molecule has 4 nitrogen and oxygen atoms in total. The van der Waals surface area contributed by atoms with E-state index in [1.165, 1.54) is 0 Å². The Hall–Kier alpha value is 0.350. The number of halogens is 1. The zero-order valence-electron chi connectivity index (χ0n) is 11.6. The van der Waals surface area contributed by atoms with Crippen molar-refractivity contribution in [3.63, 3.8) is 0 Å². The smallest absolute Gasteiger partial charge is 0.202 e. The van der Waals surface area contributed by atoms with Crippen LogP contribution in [-0.4, -0.2) is 37.7 Å². The molecule has 1 heterocycles. The number of piperidine rings is 1. The molecule has 0 bridgehead atoms. The van der Waals surface area contributed by atoms with E-state index < -0.39 is 10.2 Å². The predicted octanol–water partition coefficient (Wildman–Crippen LogP) is 2.36. The van der Waals surface area contributed by atoms with Crippen LogP contribution in [0.15, 0.2) is 0 Å². The normalized spacial score (nSPS) is 20.2. The molecule has 0 aromatic carbocycles. The predicted molar refractivity (Wildman–Crippen MR) is 79.1 cm³/mol. The first kappa shape index (κ1) is 16.4. The number of rotatable bonds is 6. The Morgan fingerprint density at radius 1 is 1.33 bits per heavy atom. The number of nitrogens with zero attached hydrogens (tertiary/aromatic N) is 1. The Kier molecular flexibility index (Phi) is 6.09. The molecular weight excluding hydrogens is 316 g/mol. The van der Waals surface area contributed by atoms with E-state index in [-0.39, 0.29) is 5.41 Å². The SMILES string of the molecule is CC1CCN(S(=O)(=O)NCC(C)(C)CCBr)CC1. The van der Waals surface area contributed by atoms with Crippen molar-refractivity contribution in [2.45, 2.75) is 40.0 Å². The van der Waals surface area contributed by atoms with Gasteiger partial charge < -0.3 is 0 Å². The van der Waals surface area contributed by atoms with Crippen LogP contribution in [0.4, 0.5) is 0 Å². The van der Waals surface area contributed by atoms with Crippen molar-refractivity contribution in [3.05, 3.63) is 0 Å². The standard InChI is InChI=1S/C12H25BrN2O2S/c1-11-4-8-15(9-5-11)18(16,17)14-10-12(2,3)6-7-13/h11,14H,4-10H2,1-3H3. The van der Waals surface area contributed by atoms with E-state index in [2.05, 4.69) is 41.4 Å². The highest BCUT2D eigenvalue weighted by molar-refractivity contribution is 9.09. The first-order chi connectivity index (χ1) is 8.27. The van der Waals surface area contributed by atoms with Crippen LogP contribution in [0.1, 0.15) is 40.0 Å². The molecule has 1 saturated heterocycles. The molecule has 6 heteroatoms. The van der Waals surface area contributed by atoms with Crippen molar-refractivity contribution < 1.29 is 8.42 Å². The Labute approximate surface area is 120 Å². The fourth-order valence-corrected chi connectivity index (χ4v) is 4.47. The quantitative estimate of drug-likeness (QED) is 0.754. The minimum atomic E-state index is -3.29. The summed E-state index contributed by atoms with van der Waals surface area (Å²) in [6.07, 6.45) is 2.88. The van der Waals surface area contributed by atoms with Crippen LogP contribution in [0.5, 0.6) is 0 Å². The van der Waals surface area contributed by atoms with E-state index in [0.717, 1.165) is 24.6 Å². The van der Waals surface area contributed by atoms with Gasteiger partial charge in [0.1, 0.15) is 0 Å². The summed E-state index contributed by atoms with van der Waals surface area (Å²) in [7, 11) is -3.29. The summed E-state index contributed by atoms with van der Waals surface area (Å²) in [5, 5.41) is 0.892. The molecule has 0 spiro atoms. The van der Waals surface area contributed by atoms with E-state index in [1.807, 2.05) is 0 Å². The van der Waals surface area contributed by atoms with Gasteiger partial charge in [0.15, 0.2) is 0 Å². The molecule has 18 heavy (non-hydrogen) atoms. The van der Waals surface area contributed by atoms with Crippen LogP contribution >= 0.6 is 15.9 Å². The van der Waals surface area contributed by atoms with Crippen LogP contribution in [0, 0.1) is 11.3 Å². The molecule has 0 amide bonds. The molecule has 1 aliphatic rings. The number of hydrogen-bond donors (Lipinski definition) is 1. The lowest BCUT2D eigenvalue weighted by Gasteiger charge is -2.31. The Balaban J connectivity index is 2.50. The van der Waals surface area contributed by atoms with E-state index in [0.29, 0.717) is 25.6 Å². The van der Waals surface area contributed by atoms with Crippen LogP contribution < -0.4 is 4.72 Å². The van der Waals surface area contributed by atoms with Crippen molar-refractivity contribution in [1.82, 2.24) is 9.03 Å². The molecule has 0 saturated carbocycles. The van der Waals surface area contributed by atoms with Gasteiger partial charge in [0.05, 0.1) is 0 Å². The van der Waals surface area contributed by atoms with E-state index in [1.54, 1.807) is 4.31 Å². The van der Waals surface area contributed by atoms with Gasteiger partial charge in [-0.2, -0.15) is 12.7 Å². The second-order valence-corrected chi connectivity index (χ2v) is 8.56. The molecule has 1 aliphatic heterocycles. The van der Waals surface area contributed by atoms with Crippen LogP contribution in [-0.2, 0) is 10.2 Å². The minimum absolute atomic E-state index is 0.0142. The van der Waals surface area contributed by atoms with Crippen molar-refractivity contribution in [2.24, 2.45) is 11.3 Å². The van der Waals surface area contributed by atoms with Gasteiger partial charge in [-0.3, -0.25) is 0 Å². The largest absolute Gasteiger partial charge is 0.279 e. The highest BCUT2D eigenvalue weighted by Gasteiger charge is 2.28. The zero-order chi connectivity index (χ0) is 13.8. The second kappa shape index (κ2) is 6.68. The molecule has 0 unspecified atom stereocenters. The lowest BCUT2D eigenvalue weighted by atomic mass is 9.91. The maximum atomic E-state index is 12.1. The van der Waals surface area contributed by atoms with Crippen molar-refractivity contribution in [3.8, 4) is 0 Å². The molecule has 108 valence electrons. The topological polar surface area (TPSA) is 49.4 Å². The van der Waals surface area contributed by atoms with Gasteiger partial charge in [-0.15, -0.1) is 0 Å². The van der Waals surface area contributed by atoms with Gasteiger partial charge in [-0.05, 0) is 30.6 Å². The first-order valence-electron chi connectivity index (χ1n) is 6.57. The van der Waals surface area contributed by atoms with Crippen molar-refractivity contribution in [2.75, 3.05) is 25.0 Å². The lowest BCUT2D eigenvalue weighted by Crippen LogP contribution is -2.47. The molecule has 1 rings (SSSR count). The fraction of sp³-hybridized carbons (Fsp3) is 1.00. The number of nitrogens with one attached hydrogen (secondary N) is 1.